The van der Waals surface area contributed by atoms with E-state index >= 15 is 0 Å². The molecule has 2 atom stereocenters. The van der Waals surface area contributed by atoms with Crippen LogP contribution in [-0.4, -0.2) is 48.2 Å². The molecule has 1 fully saturated rings. The van der Waals surface area contributed by atoms with Gasteiger partial charge in [0.05, 0.1) is 18.8 Å². The summed E-state index contributed by atoms with van der Waals surface area (Å²) in [6, 6.07) is 9.44. The van der Waals surface area contributed by atoms with Gasteiger partial charge >= 0.3 is 6.18 Å². The number of alkyl halides is 3. The van der Waals surface area contributed by atoms with Crippen LogP contribution in [0.15, 0.2) is 47.6 Å². The van der Waals surface area contributed by atoms with Crippen LogP contribution in [0.25, 0.3) is 0 Å². The van der Waals surface area contributed by atoms with Crippen molar-refractivity contribution in [1.82, 2.24) is 9.88 Å². The molecule has 1 unspecified atom stereocenters. The minimum absolute atomic E-state index is 0.0613. The van der Waals surface area contributed by atoms with Crippen molar-refractivity contribution in [3.8, 4) is 0 Å². The van der Waals surface area contributed by atoms with Crippen LogP contribution >= 0.6 is 0 Å². The smallest absolute Gasteiger partial charge is 0.379 e. The lowest BCUT2D eigenvalue weighted by atomic mass is 10.1. The number of morpholine rings is 1. The largest absolute Gasteiger partial charge is 0.416 e. The number of nitrogens with zero attached hydrogens (tertiary/aromatic N) is 4. The van der Waals surface area contributed by atoms with Crippen molar-refractivity contribution >= 4 is 12.0 Å². The summed E-state index contributed by atoms with van der Waals surface area (Å²) in [7, 11) is 0. The highest BCUT2D eigenvalue weighted by atomic mass is 19.4. The third-order valence-corrected chi connectivity index (χ3v) is 5.09. The van der Waals surface area contributed by atoms with E-state index in [0.717, 1.165) is 11.6 Å². The van der Waals surface area contributed by atoms with Gasteiger partial charge in [0.25, 0.3) is 0 Å². The Bertz CT molecular complexity index is 871. The highest BCUT2D eigenvalue weighted by Gasteiger charge is 2.37. The molecule has 8 heteroatoms. The van der Waals surface area contributed by atoms with E-state index < -0.39 is 18.0 Å². The lowest BCUT2D eigenvalue weighted by Gasteiger charge is -2.44. The normalized spacial score (nSPS) is 22.9. The second-order valence-electron chi connectivity index (χ2n) is 6.99. The van der Waals surface area contributed by atoms with Crippen LogP contribution < -0.4 is 4.90 Å². The number of anilines is 1. The van der Waals surface area contributed by atoms with Crippen molar-refractivity contribution in [3.05, 3.63) is 59.3 Å². The average molecular weight is 390 g/mol. The van der Waals surface area contributed by atoms with Gasteiger partial charge in [0, 0.05) is 37.1 Å². The monoisotopic (exact) mass is 390 g/mol. The van der Waals surface area contributed by atoms with Gasteiger partial charge in [-0.15, -0.1) is 0 Å². The first-order chi connectivity index (χ1) is 13.4. The maximum Gasteiger partial charge on any atom is 0.416 e. The standard InChI is InChI=1S/C20H21F3N4O/c1-14-13-28-10-9-26(14)19-25-11-15-6-4-8-24-18(15)27(19)12-16-5-2-3-7-17(16)20(21,22)23/h2-8,11,14,19H,9-10,12-13H2,1H3/t14?,19-/m0/s1. The van der Waals surface area contributed by atoms with E-state index in [9.17, 15) is 13.2 Å². The van der Waals surface area contributed by atoms with Gasteiger partial charge in [0.1, 0.15) is 5.82 Å². The molecule has 3 heterocycles. The fourth-order valence-electron chi connectivity index (χ4n) is 3.71. The number of halogens is 3. The molecule has 0 radical (unpaired) electrons. The maximum atomic E-state index is 13.5. The molecule has 1 aromatic carbocycles. The molecule has 2 aromatic rings. The summed E-state index contributed by atoms with van der Waals surface area (Å²) >= 11 is 0. The first kappa shape index (κ1) is 18.9. The van der Waals surface area contributed by atoms with E-state index in [4.69, 9.17) is 4.74 Å². The Morgan fingerprint density at radius 1 is 1.18 bits per heavy atom. The van der Waals surface area contributed by atoms with Crippen molar-refractivity contribution in [3.63, 3.8) is 0 Å². The first-order valence-corrected chi connectivity index (χ1v) is 9.18. The lowest BCUT2D eigenvalue weighted by Crippen LogP contribution is -2.56. The van der Waals surface area contributed by atoms with E-state index in [-0.39, 0.29) is 18.2 Å². The van der Waals surface area contributed by atoms with E-state index in [2.05, 4.69) is 14.9 Å². The van der Waals surface area contributed by atoms with E-state index in [1.54, 1.807) is 24.5 Å². The highest BCUT2D eigenvalue weighted by molar-refractivity contribution is 5.88. The summed E-state index contributed by atoms with van der Waals surface area (Å²) in [5, 5.41) is 0. The number of ether oxygens (including phenoxy) is 1. The van der Waals surface area contributed by atoms with Crippen LogP contribution in [0.2, 0.25) is 0 Å². The zero-order valence-electron chi connectivity index (χ0n) is 15.4. The number of rotatable bonds is 3. The second-order valence-corrected chi connectivity index (χ2v) is 6.99. The van der Waals surface area contributed by atoms with Crippen LogP contribution in [0.4, 0.5) is 19.0 Å². The predicted octanol–water partition coefficient (Wildman–Crippen LogP) is 3.54. The fourth-order valence-corrected chi connectivity index (χ4v) is 3.71. The van der Waals surface area contributed by atoms with E-state index in [1.807, 2.05) is 17.9 Å². The van der Waals surface area contributed by atoms with E-state index in [1.165, 1.54) is 12.1 Å². The van der Waals surface area contributed by atoms with Crippen molar-refractivity contribution < 1.29 is 17.9 Å². The minimum Gasteiger partial charge on any atom is -0.379 e. The first-order valence-electron chi connectivity index (χ1n) is 9.18. The molecule has 0 aliphatic carbocycles. The molecule has 1 aromatic heterocycles. The third-order valence-electron chi connectivity index (χ3n) is 5.09. The van der Waals surface area contributed by atoms with Crippen molar-refractivity contribution in [2.45, 2.75) is 32.0 Å². The molecular weight excluding hydrogens is 369 g/mol. The number of aromatic nitrogens is 1. The Hall–Kier alpha value is -2.45. The molecule has 148 valence electrons. The van der Waals surface area contributed by atoms with Crippen LogP contribution in [0.5, 0.6) is 0 Å². The number of pyridine rings is 1. The van der Waals surface area contributed by atoms with Gasteiger partial charge in [0.2, 0.25) is 0 Å². The third kappa shape index (κ3) is 3.62. The maximum absolute atomic E-state index is 13.5. The molecule has 0 bridgehead atoms. The molecular formula is C20H21F3N4O. The number of hydrogen-bond acceptors (Lipinski definition) is 5. The minimum atomic E-state index is -4.41. The van der Waals surface area contributed by atoms with Gasteiger partial charge in [-0.3, -0.25) is 9.89 Å². The zero-order valence-corrected chi connectivity index (χ0v) is 15.4. The quantitative estimate of drug-likeness (QED) is 0.804. The van der Waals surface area contributed by atoms with Gasteiger partial charge in [0.15, 0.2) is 6.29 Å². The van der Waals surface area contributed by atoms with Crippen LogP contribution in [0, 0.1) is 0 Å². The van der Waals surface area contributed by atoms with E-state index in [0.29, 0.717) is 25.6 Å². The molecule has 2 aliphatic rings. The summed E-state index contributed by atoms with van der Waals surface area (Å²) in [5.41, 5.74) is 0.370. The highest BCUT2D eigenvalue weighted by Crippen LogP contribution is 2.35. The van der Waals surface area contributed by atoms with Gasteiger partial charge in [-0.05, 0) is 30.7 Å². The fraction of sp³-hybridized carbons (Fsp3) is 0.400. The summed E-state index contributed by atoms with van der Waals surface area (Å²) < 4.78 is 46.1. The molecule has 0 N–H and O–H groups in total. The zero-order chi connectivity index (χ0) is 19.7. The SMILES string of the molecule is CC1COCCN1[C@@H]1N=Cc2cccnc2N1Cc1ccccc1C(F)(F)F. The lowest BCUT2D eigenvalue weighted by molar-refractivity contribution is -0.138. The molecule has 0 spiro atoms. The van der Waals surface area contributed by atoms with Gasteiger partial charge in [-0.2, -0.15) is 13.2 Å². The summed E-state index contributed by atoms with van der Waals surface area (Å²) in [6.45, 7) is 3.88. The topological polar surface area (TPSA) is 41.0 Å². The Labute approximate surface area is 161 Å². The summed E-state index contributed by atoms with van der Waals surface area (Å²) in [5.74, 6) is 0.637. The van der Waals surface area contributed by atoms with Gasteiger partial charge < -0.3 is 9.64 Å². The van der Waals surface area contributed by atoms with Crippen molar-refractivity contribution in [2.24, 2.45) is 4.99 Å². The molecule has 0 saturated carbocycles. The summed E-state index contributed by atoms with van der Waals surface area (Å²) in [4.78, 5) is 13.1. The molecule has 1 saturated heterocycles. The number of benzene rings is 1. The number of aliphatic imine (C=N–C) groups is 1. The van der Waals surface area contributed by atoms with Gasteiger partial charge in [-0.1, -0.05) is 18.2 Å². The Kier molecular flexibility index (Phi) is 5.07. The van der Waals surface area contributed by atoms with Gasteiger partial charge in [-0.25, -0.2) is 4.98 Å². The number of hydrogen-bond donors (Lipinski definition) is 0. The Balaban J connectivity index is 1.74. The number of fused-ring (bicyclic) bond motifs is 1. The molecule has 2 aliphatic heterocycles. The molecule has 4 rings (SSSR count). The van der Waals surface area contributed by atoms with Crippen molar-refractivity contribution in [2.75, 3.05) is 24.7 Å². The van der Waals surface area contributed by atoms with Crippen LogP contribution in [-0.2, 0) is 17.5 Å². The predicted molar refractivity (Wildman–Crippen MR) is 100 cm³/mol. The summed E-state index contributed by atoms with van der Waals surface area (Å²) in [6.07, 6.45) is -1.44. The molecule has 28 heavy (non-hydrogen) atoms. The molecule has 0 amide bonds. The van der Waals surface area contributed by atoms with Crippen LogP contribution in [0.1, 0.15) is 23.6 Å². The van der Waals surface area contributed by atoms with Crippen LogP contribution in [0.3, 0.4) is 0 Å². The average Bonchev–Trinajstić information content (AvgIpc) is 2.68. The Morgan fingerprint density at radius 3 is 2.79 bits per heavy atom. The Morgan fingerprint density at radius 2 is 2.00 bits per heavy atom. The van der Waals surface area contributed by atoms with Crippen molar-refractivity contribution in [1.29, 1.82) is 0 Å². The molecule has 5 nitrogen and oxygen atoms in total. The second kappa shape index (κ2) is 7.52.